The quantitative estimate of drug-likeness (QED) is 0.749. The van der Waals surface area contributed by atoms with Crippen LogP contribution in [-0.4, -0.2) is 12.6 Å². The van der Waals surface area contributed by atoms with E-state index >= 15 is 0 Å². The van der Waals surface area contributed by atoms with E-state index < -0.39 is 0 Å². The fourth-order valence-corrected chi connectivity index (χ4v) is 1.53. The molecule has 1 fully saturated rings. The first-order chi connectivity index (χ1) is 6.34. The second kappa shape index (κ2) is 3.85. The third-order valence-electron chi connectivity index (χ3n) is 2.19. The maximum atomic E-state index is 12.8. The lowest BCUT2D eigenvalue weighted by atomic mass is 10.1. The van der Waals surface area contributed by atoms with Gasteiger partial charge in [0.15, 0.2) is 0 Å². The predicted octanol–water partition coefficient (Wildman–Crippen LogP) is 1.66. The highest BCUT2D eigenvalue weighted by molar-refractivity contribution is 5.17. The molecule has 0 aromatic heterocycles. The molecule has 0 bridgehead atoms. The fraction of sp³-hybridized carbons (Fsp3) is 0.400. The first kappa shape index (κ1) is 8.66. The second-order valence-corrected chi connectivity index (χ2v) is 3.29. The highest BCUT2D eigenvalue weighted by atomic mass is 19.1. The fourth-order valence-electron chi connectivity index (χ4n) is 1.53. The zero-order valence-electron chi connectivity index (χ0n) is 7.29. The summed E-state index contributed by atoms with van der Waals surface area (Å²) < 4.78 is 12.8. The van der Waals surface area contributed by atoms with Crippen LogP contribution in [0.15, 0.2) is 24.3 Å². The molecule has 1 aromatic carbocycles. The molecule has 2 rings (SSSR count). The van der Waals surface area contributed by atoms with Gasteiger partial charge in [0.2, 0.25) is 0 Å². The van der Waals surface area contributed by atoms with Crippen LogP contribution in [0.25, 0.3) is 0 Å². The Hall–Kier alpha value is -0.930. The maximum absolute atomic E-state index is 12.8. The van der Waals surface area contributed by atoms with Crippen LogP contribution in [0, 0.1) is 5.82 Å². The zero-order valence-corrected chi connectivity index (χ0v) is 7.29. The second-order valence-electron chi connectivity index (χ2n) is 3.29. The van der Waals surface area contributed by atoms with Gasteiger partial charge in [-0.3, -0.25) is 0 Å². The molecule has 3 heteroatoms. The van der Waals surface area contributed by atoms with Gasteiger partial charge in [0.1, 0.15) is 5.82 Å². The van der Waals surface area contributed by atoms with E-state index in [1.54, 1.807) is 12.1 Å². The van der Waals surface area contributed by atoms with E-state index in [1.807, 2.05) is 6.07 Å². The normalized spacial score (nSPS) is 22.1. The van der Waals surface area contributed by atoms with E-state index in [0.717, 1.165) is 25.0 Å². The van der Waals surface area contributed by atoms with Gasteiger partial charge in [-0.05, 0) is 30.5 Å². The van der Waals surface area contributed by atoms with E-state index in [1.165, 1.54) is 6.07 Å². The Kier molecular flexibility index (Phi) is 2.57. The van der Waals surface area contributed by atoms with E-state index in [9.17, 15) is 4.39 Å². The van der Waals surface area contributed by atoms with Gasteiger partial charge in [-0.15, -0.1) is 0 Å². The molecule has 1 unspecified atom stereocenters. The molecule has 0 aliphatic carbocycles. The van der Waals surface area contributed by atoms with E-state index in [4.69, 9.17) is 4.84 Å². The molecule has 1 aliphatic heterocycles. The predicted molar refractivity (Wildman–Crippen MR) is 47.6 cm³/mol. The Balaban J connectivity index is 2.00. The largest absolute Gasteiger partial charge is 0.301 e. The van der Waals surface area contributed by atoms with Gasteiger partial charge >= 0.3 is 0 Å². The number of nitrogens with one attached hydrogen (secondary N) is 1. The molecule has 0 radical (unpaired) electrons. The summed E-state index contributed by atoms with van der Waals surface area (Å²) in [5, 5.41) is 0. The van der Waals surface area contributed by atoms with Crippen molar-refractivity contribution >= 4 is 0 Å². The minimum Gasteiger partial charge on any atom is -0.301 e. The molecule has 2 nitrogen and oxygen atoms in total. The Labute approximate surface area is 76.7 Å². The minimum absolute atomic E-state index is 0.170. The summed E-state index contributed by atoms with van der Waals surface area (Å²) in [7, 11) is 0. The van der Waals surface area contributed by atoms with Gasteiger partial charge in [-0.25, -0.2) is 4.39 Å². The van der Waals surface area contributed by atoms with Crippen LogP contribution in [0.2, 0.25) is 0 Å². The van der Waals surface area contributed by atoms with Gasteiger partial charge in [-0.2, -0.15) is 5.48 Å². The van der Waals surface area contributed by atoms with Crippen LogP contribution in [0.5, 0.6) is 0 Å². The number of hydrogen-bond donors (Lipinski definition) is 1. The summed E-state index contributed by atoms with van der Waals surface area (Å²) in [6.07, 6.45) is 1.83. The van der Waals surface area contributed by atoms with Crippen LogP contribution in [-0.2, 0) is 11.3 Å². The van der Waals surface area contributed by atoms with Gasteiger partial charge in [0, 0.05) is 6.04 Å². The topological polar surface area (TPSA) is 21.3 Å². The molecule has 1 N–H and O–H groups in total. The zero-order chi connectivity index (χ0) is 9.10. The van der Waals surface area contributed by atoms with Gasteiger partial charge < -0.3 is 4.84 Å². The molecule has 0 saturated carbocycles. The third kappa shape index (κ3) is 2.26. The van der Waals surface area contributed by atoms with E-state index in [2.05, 4.69) is 5.48 Å². The number of benzene rings is 1. The average molecular weight is 181 g/mol. The lowest BCUT2D eigenvalue weighted by Crippen LogP contribution is -2.22. The number of rotatable bonds is 2. The van der Waals surface area contributed by atoms with Gasteiger partial charge in [0.25, 0.3) is 0 Å². The molecule has 0 amide bonds. The number of hydroxylamine groups is 1. The van der Waals surface area contributed by atoms with Crippen molar-refractivity contribution in [2.75, 3.05) is 6.61 Å². The summed E-state index contributed by atoms with van der Waals surface area (Å²) in [5.41, 5.74) is 3.92. The minimum atomic E-state index is -0.170. The van der Waals surface area contributed by atoms with Crippen molar-refractivity contribution in [2.24, 2.45) is 0 Å². The molecule has 0 spiro atoms. The first-order valence-corrected chi connectivity index (χ1v) is 4.46. The molecular formula is C10H12FNO. The Morgan fingerprint density at radius 1 is 1.54 bits per heavy atom. The Morgan fingerprint density at radius 2 is 2.46 bits per heavy atom. The number of hydrogen-bond acceptors (Lipinski definition) is 2. The van der Waals surface area contributed by atoms with Crippen LogP contribution in [0.1, 0.15) is 12.0 Å². The number of halogens is 1. The summed E-state index contributed by atoms with van der Waals surface area (Å²) in [4.78, 5) is 5.02. The standard InChI is InChI=1S/C10H12FNO/c11-9-3-1-2-8(6-9)7-10-4-5-13-12-10/h1-3,6,10,12H,4-5,7H2. The van der Waals surface area contributed by atoms with Crippen LogP contribution in [0.3, 0.4) is 0 Å². The van der Waals surface area contributed by atoms with Crippen LogP contribution in [0.4, 0.5) is 4.39 Å². The van der Waals surface area contributed by atoms with E-state index in [0.29, 0.717) is 6.04 Å². The lowest BCUT2D eigenvalue weighted by Gasteiger charge is -2.07. The van der Waals surface area contributed by atoms with Gasteiger partial charge in [0.05, 0.1) is 6.61 Å². The highest BCUT2D eigenvalue weighted by Gasteiger charge is 2.15. The Bertz CT molecular complexity index is 284. The van der Waals surface area contributed by atoms with Crippen molar-refractivity contribution in [1.29, 1.82) is 0 Å². The van der Waals surface area contributed by atoms with Crippen molar-refractivity contribution in [2.45, 2.75) is 18.9 Å². The van der Waals surface area contributed by atoms with Gasteiger partial charge in [-0.1, -0.05) is 12.1 Å². The van der Waals surface area contributed by atoms with E-state index in [-0.39, 0.29) is 5.82 Å². The van der Waals surface area contributed by atoms with Crippen molar-refractivity contribution in [3.8, 4) is 0 Å². The third-order valence-corrected chi connectivity index (χ3v) is 2.19. The average Bonchev–Trinajstić information content (AvgIpc) is 2.57. The van der Waals surface area contributed by atoms with Crippen molar-refractivity contribution in [3.05, 3.63) is 35.6 Å². The summed E-state index contributed by atoms with van der Waals surface area (Å²) >= 11 is 0. The summed E-state index contributed by atoms with van der Waals surface area (Å²) in [5.74, 6) is -0.170. The molecule has 1 aliphatic rings. The molecule has 13 heavy (non-hydrogen) atoms. The van der Waals surface area contributed by atoms with Crippen LogP contribution < -0.4 is 5.48 Å². The van der Waals surface area contributed by atoms with Crippen molar-refractivity contribution in [1.82, 2.24) is 5.48 Å². The van der Waals surface area contributed by atoms with Crippen molar-refractivity contribution in [3.63, 3.8) is 0 Å². The monoisotopic (exact) mass is 181 g/mol. The highest BCUT2D eigenvalue weighted by Crippen LogP contribution is 2.10. The Morgan fingerprint density at radius 3 is 3.15 bits per heavy atom. The molecular weight excluding hydrogens is 169 g/mol. The summed E-state index contributed by atoms with van der Waals surface area (Å²) in [6, 6.07) is 7.04. The molecule has 70 valence electrons. The molecule has 1 heterocycles. The molecule has 1 aromatic rings. The first-order valence-electron chi connectivity index (χ1n) is 4.46. The molecule has 1 saturated heterocycles. The smallest absolute Gasteiger partial charge is 0.123 e. The summed E-state index contributed by atoms with van der Waals surface area (Å²) in [6.45, 7) is 0.750. The van der Waals surface area contributed by atoms with Crippen molar-refractivity contribution < 1.29 is 9.23 Å². The molecule has 1 atom stereocenters. The van der Waals surface area contributed by atoms with Crippen LogP contribution >= 0.6 is 0 Å². The maximum Gasteiger partial charge on any atom is 0.123 e. The lowest BCUT2D eigenvalue weighted by molar-refractivity contribution is 0.0882. The SMILES string of the molecule is Fc1cccc(CC2CCON2)c1.